The molecule has 1 N–H and O–H groups in total. The van der Waals surface area contributed by atoms with Crippen LogP contribution in [0.1, 0.15) is 13.3 Å². The Morgan fingerprint density at radius 2 is 2.05 bits per heavy atom. The molecule has 1 aromatic rings. The van der Waals surface area contributed by atoms with E-state index in [-0.39, 0.29) is 23.3 Å². The standard InChI is InChI=1S/C14H16N2O4S/c1-9-13(17)15-11-4-2-3-5-12(11)16(9)14(18)10-6-7-21(19,20)8-10/h2-5,9-10H,6-8H2,1H3,(H,15,17)/t9-,10-/m0/s1. The number of benzene rings is 1. The first-order valence-corrected chi connectivity index (χ1v) is 8.64. The summed E-state index contributed by atoms with van der Waals surface area (Å²) in [5.41, 5.74) is 1.20. The Hall–Kier alpha value is -1.89. The van der Waals surface area contributed by atoms with E-state index in [1.807, 2.05) is 0 Å². The molecule has 1 saturated heterocycles. The van der Waals surface area contributed by atoms with E-state index in [1.165, 1.54) is 4.90 Å². The first kappa shape index (κ1) is 14.1. The molecule has 7 heteroatoms. The summed E-state index contributed by atoms with van der Waals surface area (Å²) < 4.78 is 23.1. The Morgan fingerprint density at radius 3 is 2.71 bits per heavy atom. The highest BCUT2D eigenvalue weighted by Gasteiger charge is 2.41. The van der Waals surface area contributed by atoms with Gasteiger partial charge in [0.25, 0.3) is 0 Å². The van der Waals surface area contributed by atoms with Crippen LogP contribution in [0.3, 0.4) is 0 Å². The van der Waals surface area contributed by atoms with Crippen molar-refractivity contribution in [3.63, 3.8) is 0 Å². The number of para-hydroxylation sites is 2. The van der Waals surface area contributed by atoms with Gasteiger partial charge in [0.2, 0.25) is 11.8 Å². The van der Waals surface area contributed by atoms with Crippen molar-refractivity contribution >= 4 is 33.0 Å². The van der Waals surface area contributed by atoms with Gasteiger partial charge >= 0.3 is 0 Å². The van der Waals surface area contributed by atoms with Crippen molar-refractivity contribution in [3.05, 3.63) is 24.3 Å². The molecule has 2 aliphatic heterocycles. The van der Waals surface area contributed by atoms with Crippen molar-refractivity contribution in [3.8, 4) is 0 Å². The highest BCUT2D eigenvalue weighted by atomic mass is 32.2. The average Bonchev–Trinajstić information content (AvgIpc) is 2.80. The maximum Gasteiger partial charge on any atom is 0.247 e. The van der Waals surface area contributed by atoms with Crippen LogP contribution < -0.4 is 10.2 Å². The number of carbonyl (C=O) groups excluding carboxylic acids is 2. The fourth-order valence-electron chi connectivity index (χ4n) is 2.85. The summed E-state index contributed by atoms with van der Waals surface area (Å²) in [6.07, 6.45) is 0.328. The fraction of sp³-hybridized carbons (Fsp3) is 0.429. The van der Waals surface area contributed by atoms with Gasteiger partial charge in [-0.05, 0) is 25.5 Å². The number of sulfone groups is 1. The molecule has 3 rings (SSSR count). The molecule has 0 unspecified atom stereocenters. The minimum absolute atomic E-state index is 0.0411. The molecule has 2 amide bonds. The molecule has 1 fully saturated rings. The number of anilines is 2. The molecule has 6 nitrogen and oxygen atoms in total. The van der Waals surface area contributed by atoms with Gasteiger partial charge in [-0.3, -0.25) is 14.5 Å². The van der Waals surface area contributed by atoms with Crippen LogP contribution in [0.2, 0.25) is 0 Å². The zero-order valence-electron chi connectivity index (χ0n) is 11.6. The predicted molar refractivity (Wildman–Crippen MR) is 78.8 cm³/mol. The lowest BCUT2D eigenvalue weighted by atomic mass is 10.0. The minimum Gasteiger partial charge on any atom is -0.322 e. The Labute approximate surface area is 123 Å². The van der Waals surface area contributed by atoms with Crippen LogP contribution in [0.25, 0.3) is 0 Å². The van der Waals surface area contributed by atoms with E-state index in [0.29, 0.717) is 17.8 Å². The molecule has 112 valence electrons. The van der Waals surface area contributed by atoms with Crippen molar-refractivity contribution in [2.75, 3.05) is 21.7 Å². The number of hydrogen-bond donors (Lipinski definition) is 1. The van der Waals surface area contributed by atoms with Gasteiger partial charge in [0.15, 0.2) is 9.84 Å². The molecular weight excluding hydrogens is 292 g/mol. The first-order valence-electron chi connectivity index (χ1n) is 6.82. The fourth-order valence-corrected chi connectivity index (χ4v) is 4.58. The van der Waals surface area contributed by atoms with Gasteiger partial charge in [-0.1, -0.05) is 12.1 Å². The highest BCUT2D eigenvalue weighted by molar-refractivity contribution is 7.91. The van der Waals surface area contributed by atoms with Gasteiger partial charge in [-0.15, -0.1) is 0 Å². The number of fused-ring (bicyclic) bond motifs is 1. The smallest absolute Gasteiger partial charge is 0.247 e. The van der Waals surface area contributed by atoms with Crippen molar-refractivity contribution < 1.29 is 18.0 Å². The summed E-state index contributed by atoms with van der Waals surface area (Å²) in [6, 6.07) is 6.40. The van der Waals surface area contributed by atoms with Crippen LogP contribution in [0.4, 0.5) is 11.4 Å². The van der Waals surface area contributed by atoms with Gasteiger partial charge in [0.1, 0.15) is 6.04 Å². The molecule has 0 radical (unpaired) electrons. The second-order valence-corrected chi connectivity index (χ2v) is 7.72. The van der Waals surface area contributed by atoms with E-state index >= 15 is 0 Å². The molecular formula is C14H16N2O4S. The summed E-state index contributed by atoms with van der Waals surface area (Å²) in [7, 11) is -3.14. The SMILES string of the molecule is C[C@H]1C(=O)Nc2ccccc2N1C(=O)[C@H]1CCS(=O)(=O)C1. The van der Waals surface area contributed by atoms with Crippen LogP contribution >= 0.6 is 0 Å². The Balaban J connectivity index is 1.97. The van der Waals surface area contributed by atoms with Gasteiger partial charge in [-0.25, -0.2) is 8.42 Å². The van der Waals surface area contributed by atoms with E-state index in [9.17, 15) is 18.0 Å². The monoisotopic (exact) mass is 308 g/mol. The van der Waals surface area contributed by atoms with Crippen LogP contribution in [0.5, 0.6) is 0 Å². The van der Waals surface area contributed by atoms with Crippen LogP contribution in [-0.2, 0) is 19.4 Å². The number of rotatable bonds is 1. The predicted octanol–water partition coefficient (Wildman–Crippen LogP) is 0.795. The third-order valence-electron chi connectivity index (χ3n) is 4.01. The van der Waals surface area contributed by atoms with Crippen LogP contribution in [0, 0.1) is 5.92 Å². The second-order valence-electron chi connectivity index (χ2n) is 5.49. The number of hydrogen-bond acceptors (Lipinski definition) is 4. The van der Waals surface area contributed by atoms with Crippen molar-refractivity contribution in [1.82, 2.24) is 0 Å². The third kappa shape index (κ3) is 2.42. The number of nitrogens with zero attached hydrogens (tertiary/aromatic N) is 1. The van der Waals surface area contributed by atoms with Crippen LogP contribution in [-0.4, -0.2) is 37.8 Å². The summed E-state index contributed by atoms with van der Waals surface area (Å²) in [6.45, 7) is 1.65. The molecule has 21 heavy (non-hydrogen) atoms. The molecule has 0 bridgehead atoms. The molecule has 0 aromatic heterocycles. The Bertz CT molecular complexity index is 713. The van der Waals surface area contributed by atoms with E-state index in [1.54, 1.807) is 31.2 Å². The number of nitrogens with one attached hydrogen (secondary N) is 1. The first-order chi connectivity index (χ1) is 9.89. The zero-order valence-corrected chi connectivity index (χ0v) is 12.4. The summed E-state index contributed by atoms with van der Waals surface area (Å²) in [5, 5.41) is 2.75. The molecule has 1 aromatic carbocycles. The second kappa shape index (κ2) is 4.84. The summed E-state index contributed by atoms with van der Waals surface area (Å²) in [4.78, 5) is 26.1. The quantitative estimate of drug-likeness (QED) is 0.831. The zero-order chi connectivity index (χ0) is 15.2. The molecule has 0 saturated carbocycles. The van der Waals surface area contributed by atoms with Crippen molar-refractivity contribution in [1.29, 1.82) is 0 Å². The summed E-state index contributed by atoms with van der Waals surface area (Å²) >= 11 is 0. The van der Waals surface area contributed by atoms with E-state index < -0.39 is 21.8 Å². The van der Waals surface area contributed by atoms with Gasteiger partial charge < -0.3 is 5.32 Å². The Morgan fingerprint density at radius 1 is 1.33 bits per heavy atom. The van der Waals surface area contributed by atoms with E-state index in [4.69, 9.17) is 0 Å². The molecule has 0 aliphatic carbocycles. The minimum atomic E-state index is -3.14. The van der Waals surface area contributed by atoms with E-state index in [2.05, 4.69) is 5.32 Å². The van der Waals surface area contributed by atoms with Gasteiger partial charge in [-0.2, -0.15) is 0 Å². The molecule has 2 heterocycles. The topological polar surface area (TPSA) is 83.6 Å². The van der Waals surface area contributed by atoms with Crippen LogP contribution in [0.15, 0.2) is 24.3 Å². The lowest BCUT2D eigenvalue weighted by Gasteiger charge is -2.35. The lowest BCUT2D eigenvalue weighted by molar-refractivity contribution is -0.125. The summed E-state index contributed by atoms with van der Waals surface area (Å²) in [5.74, 6) is -1.19. The average molecular weight is 308 g/mol. The maximum absolute atomic E-state index is 12.7. The molecule has 2 aliphatic rings. The molecule has 0 spiro atoms. The molecule has 2 atom stereocenters. The maximum atomic E-state index is 12.7. The van der Waals surface area contributed by atoms with Gasteiger partial charge in [0.05, 0.1) is 28.8 Å². The number of amides is 2. The van der Waals surface area contributed by atoms with Gasteiger partial charge in [0, 0.05) is 0 Å². The van der Waals surface area contributed by atoms with Crippen molar-refractivity contribution in [2.24, 2.45) is 5.92 Å². The largest absolute Gasteiger partial charge is 0.322 e. The third-order valence-corrected chi connectivity index (χ3v) is 5.78. The number of carbonyl (C=O) groups is 2. The lowest BCUT2D eigenvalue weighted by Crippen LogP contribution is -2.51. The van der Waals surface area contributed by atoms with E-state index in [0.717, 1.165) is 0 Å². The van der Waals surface area contributed by atoms with Crippen molar-refractivity contribution in [2.45, 2.75) is 19.4 Å². The Kier molecular flexibility index (Phi) is 3.24. The highest BCUT2D eigenvalue weighted by Crippen LogP contribution is 2.34. The normalized spacial score (nSPS) is 27.1.